The number of carbonyl (C=O) groups is 2. The number of nitrogens with one attached hydrogen (secondary N) is 1. The Labute approximate surface area is 135 Å². The van der Waals surface area contributed by atoms with E-state index in [9.17, 15) is 14.0 Å². The zero-order valence-corrected chi connectivity index (χ0v) is 13.4. The monoisotopic (exact) mass is 322 g/mol. The van der Waals surface area contributed by atoms with E-state index in [1.165, 1.54) is 17.0 Å². The minimum atomic E-state index is -0.420. The molecule has 1 fully saturated rings. The highest BCUT2D eigenvalue weighted by molar-refractivity contribution is 5.83. The van der Waals surface area contributed by atoms with Crippen molar-refractivity contribution in [3.8, 4) is 0 Å². The lowest BCUT2D eigenvalue weighted by atomic mass is 9.96. The zero-order valence-electron chi connectivity index (χ0n) is 13.4. The molecule has 0 bridgehead atoms. The lowest BCUT2D eigenvalue weighted by Crippen LogP contribution is -2.43. The maximum atomic E-state index is 13.0. The van der Waals surface area contributed by atoms with E-state index in [4.69, 9.17) is 4.74 Å². The lowest BCUT2D eigenvalue weighted by Gasteiger charge is -2.29. The lowest BCUT2D eigenvalue weighted by molar-refractivity contribution is -0.151. The van der Waals surface area contributed by atoms with Gasteiger partial charge in [0.1, 0.15) is 12.4 Å². The largest absolute Gasteiger partial charge is 0.465 e. The van der Waals surface area contributed by atoms with E-state index in [0.29, 0.717) is 0 Å². The number of esters is 1. The molecule has 2 rings (SSSR count). The maximum Gasteiger partial charge on any atom is 0.325 e. The Kier molecular flexibility index (Phi) is 6.52. The normalized spacial score (nSPS) is 15.2. The number of hydrogen-bond donors (Lipinski definition) is 1. The van der Waals surface area contributed by atoms with E-state index < -0.39 is 5.97 Å². The van der Waals surface area contributed by atoms with Crippen LogP contribution in [0.2, 0.25) is 0 Å². The number of piperidine rings is 1. The van der Waals surface area contributed by atoms with Crippen LogP contribution in [0.3, 0.4) is 0 Å². The van der Waals surface area contributed by atoms with Gasteiger partial charge in [-0.15, -0.1) is 0 Å². The van der Waals surface area contributed by atoms with Gasteiger partial charge >= 0.3 is 5.97 Å². The fourth-order valence-corrected chi connectivity index (χ4v) is 2.71. The molecule has 1 aromatic rings. The number of halogens is 1. The van der Waals surface area contributed by atoms with Crippen LogP contribution in [0.1, 0.15) is 25.3 Å². The summed E-state index contributed by atoms with van der Waals surface area (Å²) in [5.41, 5.74) is 0.790. The van der Waals surface area contributed by atoms with Gasteiger partial charge in [-0.05, 0) is 50.6 Å². The molecule has 1 N–H and O–H groups in total. The van der Waals surface area contributed by atoms with E-state index in [1.807, 2.05) is 0 Å². The summed E-state index contributed by atoms with van der Waals surface area (Å²) in [6.07, 6.45) is 1.53. The van der Waals surface area contributed by atoms with Crippen molar-refractivity contribution in [1.29, 1.82) is 0 Å². The van der Waals surface area contributed by atoms with E-state index in [2.05, 4.69) is 5.32 Å². The van der Waals surface area contributed by atoms with Crippen LogP contribution in [0.15, 0.2) is 24.3 Å². The number of rotatable bonds is 6. The maximum absolute atomic E-state index is 13.0. The molecule has 5 nitrogen and oxygen atoms in total. The van der Waals surface area contributed by atoms with Crippen molar-refractivity contribution in [3.63, 3.8) is 0 Å². The molecule has 0 aliphatic carbocycles. The molecule has 0 spiro atoms. The number of ether oxygens (including phenoxy) is 1. The minimum absolute atomic E-state index is 0.0381. The molecule has 0 aromatic heterocycles. The number of nitrogens with zero attached hydrogens (tertiary/aromatic N) is 1. The minimum Gasteiger partial charge on any atom is -0.465 e. The number of hydrogen-bond acceptors (Lipinski definition) is 4. The quantitative estimate of drug-likeness (QED) is 0.810. The van der Waals surface area contributed by atoms with Crippen LogP contribution in [0, 0.1) is 11.7 Å². The molecule has 0 radical (unpaired) electrons. The Morgan fingerprint density at radius 3 is 2.52 bits per heavy atom. The van der Waals surface area contributed by atoms with Gasteiger partial charge in [0.2, 0.25) is 5.91 Å². The highest BCUT2D eigenvalue weighted by Crippen LogP contribution is 2.17. The Balaban J connectivity index is 2.07. The molecule has 0 atom stereocenters. The molecule has 1 heterocycles. The van der Waals surface area contributed by atoms with Crippen molar-refractivity contribution in [3.05, 3.63) is 35.6 Å². The second kappa shape index (κ2) is 8.62. The fraction of sp³-hybridized carbons (Fsp3) is 0.529. The first kappa shape index (κ1) is 17.4. The van der Waals surface area contributed by atoms with Crippen molar-refractivity contribution in [2.24, 2.45) is 5.92 Å². The molecule has 0 saturated carbocycles. The summed E-state index contributed by atoms with van der Waals surface area (Å²) in [7, 11) is 0. The summed E-state index contributed by atoms with van der Waals surface area (Å²) in [5, 5.41) is 3.22. The Bertz CT molecular complexity index is 527. The van der Waals surface area contributed by atoms with Crippen LogP contribution >= 0.6 is 0 Å². The van der Waals surface area contributed by atoms with E-state index >= 15 is 0 Å². The van der Waals surface area contributed by atoms with Crippen LogP contribution in [-0.2, 0) is 20.9 Å². The third kappa shape index (κ3) is 5.32. The average Bonchev–Trinajstić information content (AvgIpc) is 2.56. The Morgan fingerprint density at radius 2 is 1.91 bits per heavy atom. The van der Waals surface area contributed by atoms with Gasteiger partial charge in [-0.2, -0.15) is 0 Å². The van der Waals surface area contributed by atoms with Crippen molar-refractivity contribution in [2.75, 3.05) is 26.2 Å². The van der Waals surface area contributed by atoms with Crippen molar-refractivity contribution in [2.45, 2.75) is 26.3 Å². The first-order chi connectivity index (χ1) is 11.1. The van der Waals surface area contributed by atoms with Crippen LogP contribution in [-0.4, -0.2) is 43.0 Å². The molecule has 6 heteroatoms. The smallest absolute Gasteiger partial charge is 0.325 e. The molecule has 1 aliphatic heterocycles. The molecule has 1 amide bonds. The van der Waals surface area contributed by atoms with Crippen molar-refractivity contribution in [1.82, 2.24) is 10.2 Å². The van der Waals surface area contributed by atoms with Gasteiger partial charge in [0.15, 0.2) is 0 Å². The van der Waals surface area contributed by atoms with Crippen LogP contribution < -0.4 is 5.32 Å². The zero-order chi connectivity index (χ0) is 16.7. The third-order valence-corrected chi connectivity index (χ3v) is 3.91. The highest BCUT2D eigenvalue weighted by atomic mass is 19.1. The topological polar surface area (TPSA) is 58.6 Å². The van der Waals surface area contributed by atoms with Gasteiger partial charge in [0.25, 0.3) is 0 Å². The first-order valence-electron chi connectivity index (χ1n) is 7.99. The Morgan fingerprint density at radius 1 is 1.26 bits per heavy atom. The third-order valence-electron chi connectivity index (χ3n) is 3.91. The molecule has 0 unspecified atom stereocenters. The summed E-state index contributed by atoms with van der Waals surface area (Å²) in [5.74, 6) is -0.859. The number of amides is 1. The summed E-state index contributed by atoms with van der Waals surface area (Å²) in [4.78, 5) is 26.0. The van der Waals surface area contributed by atoms with E-state index in [0.717, 1.165) is 31.5 Å². The molecule has 1 aromatic carbocycles. The molecular formula is C17H23FN2O3. The molecular weight excluding hydrogens is 299 g/mol. The number of carbonyl (C=O) groups excluding carboxylic acids is 2. The second-order valence-electron chi connectivity index (χ2n) is 5.65. The van der Waals surface area contributed by atoms with Crippen LogP contribution in [0.4, 0.5) is 4.39 Å². The molecule has 1 saturated heterocycles. The summed E-state index contributed by atoms with van der Waals surface area (Å²) < 4.78 is 18.0. The highest BCUT2D eigenvalue weighted by Gasteiger charge is 2.27. The van der Waals surface area contributed by atoms with Crippen LogP contribution in [0.5, 0.6) is 0 Å². The van der Waals surface area contributed by atoms with Gasteiger partial charge in [-0.25, -0.2) is 4.39 Å². The Hall–Kier alpha value is -1.95. The van der Waals surface area contributed by atoms with Crippen LogP contribution in [0.25, 0.3) is 0 Å². The van der Waals surface area contributed by atoms with Crippen molar-refractivity contribution < 1.29 is 18.7 Å². The summed E-state index contributed by atoms with van der Waals surface area (Å²) in [6, 6.07) is 5.96. The standard InChI is InChI=1S/C17H23FN2O3/c1-2-23-16(21)12-20(11-13-3-5-15(18)6-4-13)17(22)14-7-9-19-10-8-14/h3-6,14,19H,2,7-12H2,1H3. The second-order valence-corrected chi connectivity index (χ2v) is 5.65. The summed E-state index contributed by atoms with van der Waals surface area (Å²) >= 11 is 0. The van der Waals surface area contributed by atoms with Gasteiger partial charge in [0.05, 0.1) is 6.61 Å². The van der Waals surface area contributed by atoms with E-state index in [-0.39, 0.29) is 37.3 Å². The predicted molar refractivity (Wildman–Crippen MR) is 84.0 cm³/mol. The molecule has 126 valence electrons. The van der Waals surface area contributed by atoms with Gasteiger partial charge < -0.3 is 15.0 Å². The van der Waals surface area contributed by atoms with E-state index in [1.54, 1.807) is 19.1 Å². The van der Waals surface area contributed by atoms with Gasteiger partial charge in [0, 0.05) is 12.5 Å². The predicted octanol–water partition coefficient (Wildman–Crippen LogP) is 1.72. The first-order valence-corrected chi connectivity index (χ1v) is 7.99. The van der Waals surface area contributed by atoms with Gasteiger partial charge in [-0.1, -0.05) is 12.1 Å². The fourth-order valence-electron chi connectivity index (χ4n) is 2.71. The SMILES string of the molecule is CCOC(=O)CN(Cc1ccc(F)cc1)C(=O)C1CCNCC1. The van der Waals surface area contributed by atoms with Gasteiger partial charge in [-0.3, -0.25) is 9.59 Å². The number of benzene rings is 1. The summed E-state index contributed by atoms with van der Waals surface area (Å²) in [6.45, 7) is 3.83. The molecule has 1 aliphatic rings. The van der Waals surface area contributed by atoms with Crippen molar-refractivity contribution >= 4 is 11.9 Å². The molecule has 23 heavy (non-hydrogen) atoms. The average molecular weight is 322 g/mol.